The van der Waals surface area contributed by atoms with Crippen molar-refractivity contribution in [2.75, 3.05) is 0 Å². The standard InChI is InChI=1S/C10H13ClO/c1-3-5-6-9(4-2)7-8-10(11)12/h3,5-8H,4H2,1-2H3/b5-3-,8-7+,9-6+. The van der Waals surface area contributed by atoms with E-state index in [1.54, 1.807) is 6.08 Å². The maximum absolute atomic E-state index is 10.4. The van der Waals surface area contributed by atoms with E-state index in [1.165, 1.54) is 6.08 Å². The topological polar surface area (TPSA) is 17.1 Å². The zero-order valence-electron chi connectivity index (χ0n) is 7.38. The minimum Gasteiger partial charge on any atom is -0.276 e. The van der Waals surface area contributed by atoms with Gasteiger partial charge in [0.2, 0.25) is 5.24 Å². The number of carbonyl (C=O) groups excluding carboxylic acids is 1. The van der Waals surface area contributed by atoms with E-state index in [0.29, 0.717) is 0 Å². The van der Waals surface area contributed by atoms with Gasteiger partial charge in [-0.1, -0.05) is 31.2 Å². The second-order valence-electron chi connectivity index (χ2n) is 2.26. The highest BCUT2D eigenvalue weighted by molar-refractivity contribution is 6.66. The molecule has 0 unspecified atom stereocenters. The van der Waals surface area contributed by atoms with Crippen LogP contribution in [0.4, 0.5) is 0 Å². The predicted molar refractivity (Wildman–Crippen MR) is 53.2 cm³/mol. The molecule has 0 bridgehead atoms. The van der Waals surface area contributed by atoms with E-state index < -0.39 is 5.24 Å². The molecule has 0 radical (unpaired) electrons. The van der Waals surface area contributed by atoms with Crippen LogP contribution in [0, 0.1) is 0 Å². The minimum absolute atomic E-state index is 0.435. The van der Waals surface area contributed by atoms with Gasteiger partial charge in [-0.25, -0.2) is 0 Å². The largest absolute Gasteiger partial charge is 0.276 e. The zero-order chi connectivity index (χ0) is 9.40. The summed E-state index contributed by atoms with van der Waals surface area (Å²) in [6.07, 6.45) is 9.81. The van der Waals surface area contributed by atoms with Crippen molar-refractivity contribution in [3.63, 3.8) is 0 Å². The number of halogens is 1. The Morgan fingerprint density at radius 2 is 2.08 bits per heavy atom. The molecule has 0 aliphatic rings. The first-order valence-corrected chi connectivity index (χ1v) is 4.28. The van der Waals surface area contributed by atoms with E-state index in [9.17, 15) is 4.79 Å². The molecule has 0 fully saturated rings. The van der Waals surface area contributed by atoms with Crippen LogP contribution in [0.1, 0.15) is 20.3 Å². The Balaban J connectivity index is 4.26. The van der Waals surface area contributed by atoms with Crippen molar-refractivity contribution in [3.8, 4) is 0 Å². The molecule has 0 aliphatic heterocycles. The van der Waals surface area contributed by atoms with Gasteiger partial charge < -0.3 is 0 Å². The monoisotopic (exact) mass is 184 g/mol. The number of hydrogen-bond donors (Lipinski definition) is 0. The number of rotatable bonds is 4. The summed E-state index contributed by atoms with van der Waals surface area (Å²) in [4.78, 5) is 10.4. The van der Waals surface area contributed by atoms with Gasteiger partial charge in [0.25, 0.3) is 0 Å². The first-order chi connectivity index (χ1) is 5.70. The molecule has 12 heavy (non-hydrogen) atoms. The van der Waals surface area contributed by atoms with Crippen LogP contribution < -0.4 is 0 Å². The third-order valence-corrected chi connectivity index (χ3v) is 1.47. The number of allylic oxidation sites excluding steroid dienone is 6. The highest BCUT2D eigenvalue weighted by atomic mass is 35.5. The molecule has 0 spiro atoms. The molecule has 0 atom stereocenters. The summed E-state index contributed by atoms with van der Waals surface area (Å²) in [6.45, 7) is 3.97. The molecule has 0 N–H and O–H groups in total. The van der Waals surface area contributed by atoms with E-state index in [2.05, 4.69) is 0 Å². The van der Waals surface area contributed by atoms with Crippen molar-refractivity contribution in [1.29, 1.82) is 0 Å². The molecule has 0 heterocycles. The van der Waals surface area contributed by atoms with Gasteiger partial charge >= 0.3 is 0 Å². The van der Waals surface area contributed by atoms with Gasteiger partial charge in [-0.2, -0.15) is 0 Å². The second-order valence-corrected chi connectivity index (χ2v) is 2.63. The Morgan fingerprint density at radius 1 is 1.42 bits per heavy atom. The van der Waals surface area contributed by atoms with Crippen LogP contribution in [0.5, 0.6) is 0 Å². The first kappa shape index (κ1) is 11.2. The maximum atomic E-state index is 10.4. The van der Waals surface area contributed by atoms with Gasteiger partial charge in [0, 0.05) is 0 Å². The fraction of sp³-hybridized carbons (Fsp3) is 0.300. The van der Waals surface area contributed by atoms with Crippen molar-refractivity contribution in [2.45, 2.75) is 20.3 Å². The number of hydrogen-bond acceptors (Lipinski definition) is 1. The summed E-state index contributed by atoms with van der Waals surface area (Å²) in [5.74, 6) is 0. The van der Waals surface area contributed by atoms with Crippen LogP contribution in [0.25, 0.3) is 0 Å². The van der Waals surface area contributed by atoms with Crippen LogP contribution in [0.3, 0.4) is 0 Å². The molecule has 66 valence electrons. The molecular weight excluding hydrogens is 172 g/mol. The van der Waals surface area contributed by atoms with E-state index in [-0.39, 0.29) is 0 Å². The molecular formula is C10H13ClO. The van der Waals surface area contributed by atoms with Gasteiger partial charge in [-0.05, 0) is 36.6 Å². The summed E-state index contributed by atoms with van der Waals surface area (Å²) in [5.41, 5.74) is 1.09. The Labute approximate surface area is 78.4 Å². The third-order valence-electron chi connectivity index (χ3n) is 1.34. The minimum atomic E-state index is -0.435. The maximum Gasteiger partial charge on any atom is 0.245 e. The van der Waals surface area contributed by atoms with Gasteiger partial charge in [0.05, 0.1) is 0 Å². The molecule has 0 saturated heterocycles. The SMILES string of the molecule is C\C=C/C=C(/C=C/C(=O)Cl)CC. The average molecular weight is 185 g/mol. The smallest absolute Gasteiger partial charge is 0.245 e. The van der Waals surface area contributed by atoms with Crippen molar-refractivity contribution >= 4 is 16.8 Å². The third kappa shape index (κ3) is 5.93. The van der Waals surface area contributed by atoms with Crippen LogP contribution in [-0.2, 0) is 4.79 Å². The van der Waals surface area contributed by atoms with Gasteiger partial charge in [0.15, 0.2) is 0 Å². The summed E-state index contributed by atoms with van der Waals surface area (Å²) < 4.78 is 0. The second kappa shape index (κ2) is 6.86. The van der Waals surface area contributed by atoms with Crippen LogP contribution in [0.2, 0.25) is 0 Å². The van der Waals surface area contributed by atoms with Gasteiger partial charge in [-0.15, -0.1) is 0 Å². The molecule has 0 amide bonds. The van der Waals surface area contributed by atoms with Crippen molar-refractivity contribution < 1.29 is 4.79 Å². The van der Waals surface area contributed by atoms with Crippen molar-refractivity contribution in [2.24, 2.45) is 0 Å². The molecule has 1 nitrogen and oxygen atoms in total. The quantitative estimate of drug-likeness (QED) is 0.373. The van der Waals surface area contributed by atoms with E-state index in [1.807, 2.05) is 32.1 Å². The average Bonchev–Trinajstić information content (AvgIpc) is 2.05. The Morgan fingerprint density at radius 3 is 2.50 bits per heavy atom. The number of carbonyl (C=O) groups is 1. The van der Waals surface area contributed by atoms with Crippen LogP contribution in [0.15, 0.2) is 36.0 Å². The van der Waals surface area contributed by atoms with Crippen molar-refractivity contribution in [1.82, 2.24) is 0 Å². The summed E-state index contributed by atoms with van der Waals surface area (Å²) in [5, 5.41) is -0.435. The lowest BCUT2D eigenvalue weighted by Crippen LogP contribution is -1.78. The molecule has 2 heteroatoms. The predicted octanol–water partition coefficient (Wildman–Crippen LogP) is 3.22. The van der Waals surface area contributed by atoms with E-state index in [4.69, 9.17) is 11.6 Å². The first-order valence-electron chi connectivity index (χ1n) is 3.90. The Hall–Kier alpha value is -0.820. The molecule has 0 rings (SSSR count). The van der Waals surface area contributed by atoms with Crippen LogP contribution in [-0.4, -0.2) is 5.24 Å². The lowest BCUT2D eigenvalue weighted by molar-refractivity contribution is -0.107. The highest BCUT2D eigenvalue weighted by Crippen LogP contribution is 2.03. The molecule has 0 aliphatic carbocycles. The normalized spacial score (nSPS) is 13.1. The van der Waals surface area contributed by atoms with E-state index in [0.717, 1.165) is 12.0 Å². The molecule has 0 aromatic heterocycles. The zero-order valence-corrected chi connectivity index (χ0v) is 8.14. The molecule has 0 aromatic carbocycles. The highest BCUT2D eigenvalue weighted by Gasteiger charge is 1.88. The summed E-state index contributed by atoms with van der Waals surface area (Å²) in [7, 11) is 0. The Bertz CT molecular complexity index is 224. The van der Waals surface area contributed by atoms with E-state index >= 15 is 0 Å². The Kier molecular flexibility index (Phi) is 6.39. The van der Waals surface area contributed by atoms with Crippen molar-refractivity contribution in [3.05, 3.63) is 36.0 Å². The van der Waals surface area contributed by atoms with Gasteiger partial charge in [-0.3, -0.25) is 4.79 Å². The lowest BCUT2D eigenvalue weighted by Gasteiger charge is -1.92. The summed E-state index contributed by atoms with van der Waals surface area (Å²) in [6, 6.07) is 0. The van der Waals surface area contributed by atoms with Crippen LogP contribution >= 0.6 is 11.6 Å². The fourth-order valence-corrected chi connectivity index (χ4v) is 0.747. The lowest BCUT2D eigenvalue weighted by atomic mass is 10.2. The van der Waals surface area contributed by atoms with Gasteiger partial charge in [0.1, 0.15) is 0 Å². The molecule has 0 aromatic rings. The fourth-order valence-electron chi connectivity index (χ4n) is 0.684. The molecule has 0 saturated carbocycles. The summed E-state index contributed by atoms with van der Waals surface area (Å²) >= 11 is 5.14.